The smallest absolute Gasteiger partial charge is 0.366 e. The molecule has 0 fully saturated rings. The molecule has 1 heterocycles. The maximum Gasteiger partial charge on any atom is 0.417 e. The Morgan fingerprint density at radius 3 is 2.36 bits per heavy atom. The molecule has 0 aliphatic rings. The lowest BCUT2D eigenvalue weighted by atomic mass is 10.1. The predicted octanol–water partition coefficient (Wildman–Crippen LogP) is 5.10. The van der Waals surface area contributed by atoms with Crippen LogP contribution in [0.15, 0.2) is 66.9 Å². The first-order valence-corrected chi connectivity index (χ1v) is 8.25. The van der Waals surface area contributed by atoms with Crippen molar-refractivity contribution in [2.75, 3.05) is 10.6 Å². The third-order valence-electron chi connectivity index (χ3n) is 3.92. The Balaban J connectivity index is 1.66. The third kappa shape index (κ3) is 4.64. The quantitative estimate of drug-likeness (QED) is 0.597. The minimum Gasteiger partial charge on any atom is -0.366 e. The van der Waals surface area contributed by atoms with E-state index in [1.807, 2.05) is 0 Å². The van der Waals surface area contributed by atoms with Gasteiger partial charge in [0.25, 0.3) is 5.91 Å². The van der Waals surface area contributed by atoms with Crippen molar-refractivity contribution in [2.45, 2.75) is 12.7 Å². The van der Waals surface area contributed by atoms with Crippen LogP contribution >= 0.6 is 0 Å². The summed E-state index contributed by atoms with van der Waals surface area (Å²) < 4.78 is 52.7. The zero-order chi connectivity index (χ0) is 20.1. The van der Waals surface area contributed by atoms with Crippen molar-refractivity contribution < 1.29 is 22.4 Å². The summed E-state index contributed by atoms with van der Waals surface area (Å²) in [6.45, 7) is 0.213. The van der Waals surface area contributed by atoms with Gasteiger partial charge in [0, 0.05) is 12.1 Å². The van der Waals surface area contributed by atoms with Gasteiger partial charge in [0.15, 0.2) is 0 Å². The number of benzene rings is 2. The molecule has 0 bridgehead atoms. The second-order valence-corrected chi connectivity index (χ2v) is 5.87. The van der Waals surface area contributed by atoms with Gasteiger partial charge in [-0.2, -0.15) is 13.2 Å². The van der Waals surface area contributed by atoms with Crippen molar-refractivity contribution in [1.29, 1.82) is 0 Å². The molecule has 2 N–H and O–H groups in total. The molecule has 2 aromatic carbocycles. The molecule has 1 aromatic heterocycles. The summed E-state index contributed by atoms with van der Waals surface area (Å²) >= 11 is 0. The van der Waals surface area contributed by atoms with Gasteiger partial charge in [0.1, 0.15) is 11.6 Å². The van der Waals surface area contributed by atoms with E-state index < -0.39 is 23.2 Å². The lowest BCUT2D eigenvalue weighted by molar-refractivity contribution is -0.137. The lowest BCUT2D eigenvalue weighted by Crippen LogP contribution is -2.18. The van der Waals surface area contributed by atoms with E-state index in [0.29, 0.717) is 11.4 Å². The molecule has 0 unspecified atom stereocenters. The van der Waals surface area contributed by atoms with Crippen molar-refractivity contribution in [3.8, 4) is 0 Å². The van der Waals surface area contributed by atoms with Crippen LogP contribution in [0.25, 0.3) is 0 Å². The fourth-order valence-corrected chi connectivity index (χ4v) is 2.53. The highest BCUT2D eigenvalue weighted by molar-refractivity contribution is 6.05. The number of amides is 1. The van der Waals surface area contributed by atoms with E-state index >= 15 is 0 Å². The average Bonchev–Trinajstić information content (AvgIpc) is 2.68. The van der Waals surface area contributed by atoms with Gasteiger partial charge < -0.3 is 10.6 Å². The van der Waals surface area contributed by atoms with Crippen LogP contribution in [0.1, 0.15) is 21.5 Å². The Morgan fingerprint density at radius 1 is 0.964 bits per heavy atom. The molecular formula is C20H15F4N3O. The second kappa shape index (κ2) is 8.08. The van der Waals surface area contributed by atoms with Crippen LogP contribution < -0.4 is 10.6 Å². The number of hydrogen-bond acceptors (Lipinski definition) is 3. The highest BCUT2D eigenvalue weighted by atomic mass is 19.4. The maximum atomic E-state index is 13.6. The monoisotopic (exact) mass is 389 g/mol. The minimum absolute atomic E-state index is 0.213. The van der Waals surface area contributed by atoms with E-state index in [9.17, 15) is 22.4 Å². The van der Waals surface area contributed by atoms with Crippen molar-refractivity contribution in [2.24, 2.45) is 0 Å². The van der Waals surface area contributed by atoms with Gasteiger partial charge in [-0.3, -0.25) is 4.79 Å². The molecule has 0 spiro atoms. The Hall–Kier alpha value is -3.42. The third-order valence-corrected chi connectivity index (χ3v) is 3.92. The molecule has 0 radical (unpaired) electrons. The zero-order valence-electron chi connectivity index (χ0n) is 14.4. The number of anilines is 2. The summed E-state index contributed by atoms with van der Waals surface area (Å²) in [6.07, 6.45) is -3.33. The van der Waals surface area contributed by atoms with E-state index in [4.69, 9.17) is 0 Å². The molecule has 144 valence electrons. The minimum atomic E-state index is -4.63. The molecule has 0 atom stereocenters. The molecular weight excluding hydrogens is 374 g/mol. The molecule has 0 saturated carbocycles. The molecule has 0 aliphatic heterocycles. The molecule has 4 nitrogen and oxygen atoms in total. The fourth-order valence-electron chi connectivity index (χ4n) is 2.53. The SMILES string of the molecule is O=C(Nc1ccc(NCc2ccccc2F)nc1)c1ccccc1C(F)(F)F. The van der Waals surface area contributed by atoms with Crippen molar-refractivity contribution in [1.82, 2.24) is 4.98 Å². The topological polar surface area (TPSA) is 54.0 Å². The highest BCUT2D eigenvalue weighted by Gasteiger charge is 2.34. The number of aromatic nitrogens is 1. The van der Waals surface area contributed by atoms with Gasteiger partial charge >= 0.3 is 6.18 Å². The number of nitrogens with zero attached hydrogens (tertiary/aromatic N) is 1. The highest BCUT2D eigenvalue weighted by Crippen LogP contribution is 2.32. The number of carbonyl (C=O) groups excluding carboxylic acids is 1. The van der Waals surface area contributed by atoms with Crippen molar-refractivity contribution >= 4 is 17.4 Å². The predicted molar refractivity (Wildman–Crippen MR) is 97.4 cm³/mol. The number of rotatable bonds is 5. The van der Waals surface area contributed by atoms with Crippen LogP contribution in [0.2, 0.25) is 0 Å². The first kappa shape index (κ1) is 19.3. The van der Waals surface area contributed by atoms with Gasteiger partial charge in [-0.05, 0) is 30.3 Å². The molecule has 8 heteroatoms. The molecule has 3 aromatic rings. The van der Waals surface area contributed by atoms with Crippen LogP contribution in [0, 0.1) is 5.82 Å². The maximum absolute atomic E-state index is 13.6. The van der Waals surface area contributed by atoms with E-state index in [2.05, 4.69) is 15.6 Å². The average molecular weight is 389 g/mol. The number of hydrogen-bond donors (Lipinski definition) is 2. The van der Waals surface area contributed by atoms with E-state index in [0.717, 1.165) is 12.1 Å². The van der Waals surface area contributed by atoms with Gasteiger partial charge in [0.2, 0.25) is 0 Å². The first-order chi connectivity index (χ1) is 13.3. The van der Waals surface area contributed by atoms with Crippen LogP contribution in [0.3, 0.4) is 0 Å². The standard InChI is InChI=1S/C20H15F4N3O/c21-17-8-4-1-5-13(17)11-25-18-10-9-14(12-26-18)27-19(28)15-6-2-3-7-16(15)20(22,23)24/h1-10,12H,11H2,(H,25,26)(H,27,28). The number of pyridine rings is 1. The Kier molecular flexibility index (Phi) is 5.58. The Morgan fingerprint density at radius 2 is 1.68 bits per heavy atom. The Labute approximate surface area is 158 Å². The number of nitrogens with one attached hydrogen (secondary N) is 2. The molecule has 0 aliphatic carbocycles. The molecule has 28 heavy (non-hydrogen) atoms. The van der Waals surface area contributed by atoms with Crippen LogP contribution in [0.4, 0.5) is 29.1 Å². The van der Waals surface area contributed by atoms with Crippen LogP contribution in [0.5, 0.6) is 0 Å². The summed E-state index contributed by atoms with van der Waals surface area (Å²) in [5, 5.41) is 5.32. The summed E-state index contributed by atoms with van der Waals surface area (Å²) in [5.41, 5.74) is -0.788. The Bertz CT molecular complexity index is 972. The van der Waals surface area contributed by atoms with Crippen molar-refractivity contribution in [3.63, 3.8) is 0 Å². The largest absolute Gasteiger partial charge is 0.417 e. The normalized spacial score (nSPS) is 11.1. The molecule has 0 saturated heterocycles. The zero-order valence-corrected chi connectivity index (χ0v) is 14.4. The second-order valence-electron chi connectivity index (χ2n) is 5.87. The van der Waals surface area contributed by atoms with Gasteiger partial charge in [-0.15, -0.1) is 0 Å². The molecule has 1 amide bonds. The summed E-state index contributed by atoms with van der Waals surface area (Å²) in [7, 11) is 0. The van der Waals surface area contributed by atoms with Crippen LogP contribution in [-0.2, 0) is 12.7 Å². The van der Waals surface area contributed by atoms with E-state index in [-0.39, 0.29) is 18.0 Å². The first-order valence-electron chi connectivity index (χ1n) is 8.25. The number of carbonyl (C=O) groups is 1. The lowest BCUT2D eigenvalue weighted by Gasteiger charge is -2.13. The van der Waals surface area contributed by atoms with E-state index in [1.54, 1.807) is 18.2 Å². The van der Waals surface area contributed by atoms with Crippen LogP contribution in [-0.4, -0.2) is 10.9 Å². The summed E-state index contributed by atoms with van der Waals surface area (Å²) in [5.74, 6) is -0.805. The van der Waals surface area contributed by atoms with Gasteiger partial charge in [-0.25, -0.2) is 9.37 Å². The fraction of sp³-hybridized carbons (Fsp3) is 0.100. The summed E-state index contributed by atoms with van der Waals surface area (Å²) in [6, 6.07) is 13.8. The van der Waals surface area contributed by atoms with Gasteiger partial charge in [0.05, 0.1) is 23.0 Å². The molecule has 3 rings (SSSR count). The number of alkyl halides is 3. The van der Waals surface area contributed by atoms with Crippen molar-refractivity contribution in [3.05, 3.63) is 89.4 Å². The van der Waals surface area contributed by atoms with E-state index in [1.165, 1.54) is 36.5 Å². The van der Waals surface area contributed by atoms with Gasteiger partial charge in [-0.1, -0.05) is 30.3 Å². The number of halogens is 4. The summed E-state index contributed by atoms with van der Waals surface area (Å²) in [4.78, 5) is 16.3.